The van der Waals surface area contributed by atoms with Crippen LogP contribution in [0.5, 0.6) is 0 Å². The fraction of sp³-hybridized carbons (Fsp3) is 0.611. The lowest BCUT2D eigenvalue weighted by Gasteiger charge is -2.29. The van der Waals surface area contributed by atoms with Crippen LogP contribution < -0.4 is 0 Å². The first kappa shape index (κ1) is 16.1. The molecular formula is C18H23BrN4O. The van der Waals surface area contributed by atoms with Crippen LogP contribution in [0, 0.1) is 0 Å². The summed E-state index contributed by atoms with van der Waals surface area (Å²) in [7, 11) is 0. The van der Waals surface area contributed by atoms with Gasteiger partial charge < -0.3 is 4.90 Å². The van der Waals surface area contributed by atoms with Gasteiger partial charge in [-0.15, -0.1) is 0 Å². The largest absolute Gasteiger partial charge is 0.335 e. The minimum atomic E-state index is 0.0739. The third-order valence-electron chi connectivity index (χ3n) is 5.48. The van der Waals surface area contributed by atoms with E-state index in [1.165, 1.54) is 32.1 Å². The summed E-state index contributed by atoms with van der Waals surface area (Å²) in [5.74, 6) is 0.570. The zero-order valence-electron chi connectivity index (χ0n) is 14.0. The van der Waals surface area contributed by atoms with E-state index in [1.54, 1.807) is 0 Å². The Balaban J connectivity index is 1.74. The van der Waals surface area contributed by atoms with E-state index < -0.39 is 0 Å². The molecular weight excluding hydrogens is 368 g/mol. The second-order valence-corrected chi connectivity index (χ2v) is 7.94. The first-order valence-electron chi connectivity index (χ1n) is 9.00. The highest BCUT2D eigenvalue weighted by Gasteiger charge is 2.28. The molecule has 24 heavy (non-hydrogen) atoms. The van der Waals surface area contributed by atoms with Gasteiger partial charge in [-0.3, -0.25) is 4.79 Å². The van der Waals surface area contributed by atoms with Gasteiger partial charge in [0, 0.05) is 30.3 Å². The molecule has 5 nitrogen and oxygen atoms in total. The SMILES string of the molecule is C[C@@H]1CCCCCN1C(=O)c1cc(C2CCC2)n2nc(Br)cc2n1. The van der Waals surface area contributed by atoms with Crippen molar-refractivity contribution in [3.63, 3.8) is 0 Å². The minimum Gasteiger partial charge on any atom is -0.335 e. The average molecular weight is 391 g/mol. The number of carbonyl (C=O) groups excluding carboxylic acids is 1. The Hall–Kier alpha value is -1.43. The van der Waals surface area contributed by atoms with Crippen molar-refractivity contribution in [2.24, 2.45) is 0 Å². The Kier molecular flexibility index (Phi) is 4.33. The third-order valence-corrected chi connectivity index (χ3v) is 5.87. The van der Waals surface area contributed by atoms with E-state index in [0.29, 0.717) is 17.7 Å². The number of aromatic nitrogens is 3. The second-order valence-electron chi connectivity index (χ2n) is 7.13. The Morgan fingerprint density at radius 3 is 2.75 bits per heavy atom. The molecule has 0 unspecified atom stereocenters. The van der Waals surface area contributed by atoms with Crippen molar-refractivity contribution >= 4 is 27.5 Å². The van der Waals surface area contributed by atoms with Gasteiger partial charge in [-0.1, -0.05) is 19.3 Å². The standard InChI is InChI=1S/C18H23BrN4O/c1-12-6-3-2-4-9-22(12)18(24)14-10-15(13-7-5-8-13)23-17(20-14)11-16(19)21-23/h10-13H,2-9H2,1H3/t12-/m1/s1. The van der Waals surface area contributed by atoms with Crippen LogP contribution in [0.15, 0.2) is 16.7 Å². The van der Waals surface area contributed by atoms with E-state index in [1.807, 2.05) is 21.5 Å². The molecule has 2 fully saturated rings. The molecule has 1 saturated heterocycles. The molecule has 128 valence electrons. The van der Waals surface area contributed by atoms with E-state index in [2.05, 4.69) is 32.9 Å². The predicted molar refractivity (Wildman–Crippen MR) is 96.2 cm³/mol. The van der Waals surface area contributed by atoms with Gasteiger partial charge in [-0.2, -0.15) is 5.10 Å². The molecule has 1 saturated carbocycles. The van der Waals surface area contributed by atoms with E-state index in [9.17, 15) is 4.79 Å². The Morgan fingerprint density at radius 2 is 2.00 bits per heavy atom. The van der Waals surface area contributed by atoms with Gasteiger partial charge in [0.15, 0.2) is 5.65 Å². The van der Waals surface area contributed by atoms with E-state index in [4.69, 9.17) is 0 Å². The summed E-state index contributed by atoms with van der Waals surface area (Å²) in [6.45, 7) is 3.00. The Morgan fingerprint density at radius 1 is 1.17 bits per heavy atom. The molecule has 2 aliphatic rings. The molecule has 0 aromatic carbocycles. The first-order valence-corrected chi connectivity index (χ1v) is 9.80. The topological polar surface area (TPSA) is 50.5 Å². The molecule has 1 aliphatic heterocycles. The van der Waals surface area contributed by atoms with Gasteiger partial charge >= 0.3 is 0 Å². The highest BCUT2D eigenvalue weighted by atomic mass is 79.9. The number of rotatable bonds is 2. The average Bonchev–Trinajstić information content (AvgIpc) is 2.75. The molecule has 2 aromatic heterocycles. The molecule has 2 aromatic rings. The lowest BCUT2D eigenvalue weighted by Crippen LogP contribution is -2.38. The molecule has 0 radical (unpaired) electrons. The number of carbonyl (C=O) groups is 1. The van der Waals surface area contributed by atoms with Crippen molar-refractivity contribution in [1.29, 1.82) is 0 Å². The van der Waals surface area contributed by atoms with Gasteiger partial charge in [-0.05, 0) is 54.6 Å². The Bertz CT molecular complexity index is 768. The number of hydrogen-bond acceptors (Lipinski definition) is 3. The molecule has 0 N–H and O–H groups in total. The van der Waals surface area contributed by atoms with Crippen molar-refractivity contribution in [2.45, 2.75) is 63.8 Å². The van der Waals surface area contributed by atoms with Crippen LogP contribution in [0.1, 0.15) is 74.0 Å². The lowest BCUT2D eigenvalue weighted by molar-refractivity contribution is 0.0691. The number of fused-ring (bicyclic) bond motifs is 1. The summed E-state index contributed by atoms with van der Waals surface area (Å²) in [6, 6.07) is 4.17. The van der Waals surface area contributed by atoms with Crippen LogP contribution in [-0.2, 0) is 0 Å². The number of amides is 1. The maximum absolute atomic E-state index is 13.1. The van der Waals surface area contributed by atoms with Crippen molar-refractivity contribution in [2.75, 3.05) is 6.54 Å². The van der Waals surface area contributed by atoms with Gasteiger partial charge in [-0.25, -0.2) is 9.50 Å². The van der Waals surface area contributed by atoms with Crippen LogP contribution in [-0.4, -0.2) is 38.0 Å². The van der Waals surface area contributed by atoms with E-state index in [0.717, 1.165) is 35.3 Å². The quantitative estimate of drug-likeness (QED) is 0.772. The van der Waals surface area contributed by atoms with E-state index in [-0.39, 0.29) is 5.91 Å². The normalized spacial score (nSPS) is 22.4. The first-order chi connectivity index (χ1) is 11.6. The van der Waals surface area contributed by atoms with Crippen molar-refractivity contribution in [3.8, 4) is 0 Å². The van der Waals surface area contributed by atoms with Crippen LogP contribution >= 0.6 is 15.9 Å². The molecule has 1 atom stereocenters. The lowest BCUT2D eigenvalue weighted by atomic mass is 9.82. The molecule has 1 aliphatic carbocycles. The highest BCUT2D eigenvalue weighted by Crippen LogP contribution is 2.37. The van der Waals surface area contributed by atoms with Crippen LogP contribution in [0.2, 0.25) is 0 Å². The summed E-state index contributed by atoms with van der Waals surface area (Å²) >= 11 is 3.44. The van der Waals surface area contributed by atoms with Crippen LogP contribution in [0.4, 0.5) is 0 Å². The number of halogens is 1. The fourth-order valence-corrected chi connectivity index (χ4v) is 4.16. The zero-order valence-corrected chi connectivity index (χ0v) is 15.6. The molecule has 3 heterocycles. The maximum atomic E-state index is 13.1. The number of nitrogens with zero attached hydrogens (tertiary/aromatic N) is 4. The van der Waals surface area contributed by atoms with Crippen LogP contribution in [0.3, 0.4) is 0 Å². The molecule has 0 spiro atoms. The summed E-state index contributed by atoms with van der Waals surface area (Å²) in [5.41, 5.74) is 2.46. The zero-order chi connectivity index (χ0) is 16.7. The van der Waals surface area contributed by atoms with Gasteiger partial charge in [0.25, 0.3) is 5.91 Å². The van der Waals surface area contributed by atoms with Crippen LogP contribution in [0.25, 0.3) is 5.65 Å². The minimum absolute atomic E-state index is 0.0739. The second kappa shape index (κ2) is 6.47. The van der Waals surface area contributed by atoms with Gasteiger partial charge in [0.2, 0.25) is 0 Å². The summed E-state index contributed by atoms with van der Waals surface area (Å²) in [4.78, 5) is 19.7. The van der Waals surface area contributed by atoms with Crippen molar-refractivity contribution in [1.82, 2.24) is 19.5 Å². The smallest absolute Gasteiger partial charge is 0.272 e. The number of hydrogen-bond donors (Lipinski definition) is 0. The molecule has 4 rings (SSSR count). The maximum Gasteiger partial charge on any atom is 0.272 e. The molecule has 6 heteroatoms. The Labute approximate surface area is 150 Å². The van der Waals surface area contributed by atoms with E-state index >= 15 is 0 Å². The fourth-order valence-electron chi connectivity index (χ4n) is 3.80. The predicted octanol–water partition coefficient (Wildman–Crippen LogP) is 4.16. The summed E-state index contributed by atoms with van der Waals surface area (Å²) in [5, 5.41) is 4.50. The summed E-state index contributed by atoms with van der Waals surface area (Å²) in [6.07, 6.45) is 8.19. The molecule has 0 bridgehead atoms. The highest BCUT2D eigenvalue weighted by molar-refractivity contribution is 9.10. The third kappa shape index (κ3) is 2.85. The van der Waals surface area contributed by atoms with Crippen molar-refractivity contribution in [3.05, 3.63) is 28.1 Å². The monoisotopic (exact) mass is 390 g/mol. The number of likely N-dealkylation sites (tertiary alicyclic amines) is 1. The molecule has 1 amide bonds. The van der Waals surface area contributed by atoms with Gasteiger partial charge in [0.1, 0.15) is 10.3 Å². The van der Waals surface area contributed by atoms with Crippen molar-refractivity contribution < 1.29 is 4.79 Å². The van der Waals surface area contributed by atoms with Gasteiger partial charge in [0.05, 0.1) is 0 Å². The summed E-state index contributed by atoms with van der Waals surface area (Å²) < 4.78 is 2.67.